The van der Waals surface area contributed by atoms with Gasteiger partial charge in [0.25, 0.3) is 10.1 Å². The fourth-order valence-corrected chi connectivity index (χ4v) is 4.31. The first-order valence-electron chi connectivity index (χ1n) is 7.50. The van der Waals surface area contributed by atoms with Crippen molar-refractivity contribution in [3.8, 4) is 0 Å². The summed E-state index contributed by atoms with van der Waals surface area (Å²) in [4.78, 5) is 0.120. The third-order valence-electron chi connectivity index (χ3n) is 3.99. The first-order chi connectivity index (χ1) is 11.5. The summed E-state index contributed by atoms with van der Waals surface area (Å²) >= 11 is 2.21. The van der Waals surface area contributed by atoms with E-state index in [-0.39, 0.29) is 37.3 Å². The Bertz CT molecular complexity index is 648. The SMILES string of the molecule is Cc1ccc(S(=O)(=O)OCC2OCOC2C2OCOC2CI)cc1. The van der Waals surface area contributed by atoms with Crippen molar-refractivity contribution >= 4 is 32.7 Å². The smallest absolute Gasteiger partial charge is 0.297 e. The van der Waals surface area contributed by atoms with Crippen molar-refractivity contribution in [2.45, 2.75) is 36.2 Å². The summed E-state index contributed by atoms with van der Waals surface area (Å²) in [5, 5.41) is 0. The fraction of sp³-hybridized carbons (Fsp3) is 0.600. The highest BCUT2D eigenvalue weighted by Crippen LogP contribution is 2.27. The molecule has 4 atom stereocenters. The molecule has 0 aliphatic carbocycles. The predicted molar refractivity (Wildman–Crippen MR) is 92.4 cm³/mol. The van der Waals surface area contributed by atoms with Gasteiger partial charge in [0.2, 0.25) is 0 Å². The van der Waals surface area contributed by atoms with Crippen LogP contribution in [0.2, 0.25) is 0 Å². The second-order valence-electron chi connectivity index (χ2n) is 5.61. The standard InChI is InChI=1S/C15H19IO7S/c1-10-2-4-11(5-3-10)24(17,18)23-7-13-15(22-9-20-13)14-12(6-16)19-8-21-14/h2-5,12-15H,6-9H2,1H3. The molecule has 0 spiro atoms. The van der Waals surface area contributed by atoms with Crippen molar-refractivity contribution in [2.75, 3.05) is 24.6 Å². The lowest BCUT2D eigenvalue weighted by Gasteiger charge is -2.24. The van der Waals surface area contributed by atoms with Gasteiger partial charge >= 0.3 is 0 Å². The molecule has 9 heteroatoms. The quantitative estimate of drug-likeness (QED) is 0.355. The van der Waals surface area contributed by atoms with Crippen molar-refractivity contribution < 1.29 is 31.5 Å². The van der Waals surface area contributed by atoms with Crippen LogP contribution >= 0.6 is 22.6 Å². The van der Waals surface area contributed by atoms with E-state index in [4.69, 9.17) is 23.1 Å². The molecule has 1 aromatic rings. The zero-order valence-electron chi connectivity index (χ0n) is 13.1. The average molecular weight is 470 g/mol. The van der Waals surface area contributed by atoms with Gasteiger partial charge in [-0.1, -0.05) is 40.3 Å². The molecule has 134 valence electrons. The minimum absolute atomic E-state index is 0.0805. The molecule has 7 nitrogen and oxygen atoms in total. The maximum Gasteiger partial charge on any atom is 0.297 e. The van der Waals surface area contributed by atoms with Gasteiger partial charge in [-0.15, -0.1) is 0 Å². The van der Waals surface area contributed by atoms with Crippen LogP contribution in [0.5, 0.6) is 0 Å². The van der Waals surface area contributed by atoms with Crippen LogP contribution in [0.25, 0.3) is 0 Å². The molecule has 0 N–H and O–H groups in total. The summed E-state index contributed by atoms with van der Waals surface area (Å²) in [5.74, 6) is 0. The number of ether oxygens (including phenoxy) is 4. The fourth-order valence-electron chi connectivity index (χ4n) is 2.63. The zero-order valence-corrected chi connectivity index (χ0v) is 16.1. The molecule has 2 heterocycles. The highest BCUT2D eigenvalue weighted by molar-refractivity contribution is 14.1. The van der Waals surface area contributed by atoms with Crippen molar-refractivity contribution in [3.63, 3.8) is 0 Å². The minimum Gasteiger partial charge on any atom is -0.349 e. The lowest BCUT2D eigenvalue weighted by molar-refractivity contribution is -0.0324. The Labute approximate surface area is 154 Å². The molecule has 2 saturated heterocycles. The van der Waals surface area contributed by atoms with E-state index in [0.29, 0.717) is 0 Å². The van der Waals surface area contributed by atoms with Gasteiger partial charge in [0.1, 0.15) is 31.9 Å². The third-order valence-corrected chi connectivity index (χ3v) is 6.16. The Balaban J connectivity index is 1.63. The zero-order chi connectivity index (χ0) is 17.2. The van der Waals surface area contributed by atoms with Gasteiger partial charge in [-0.3, -0.25) is 4.18 Å². The van der Waals surface area contributed by atoms with E-state index in [9.17, 15) is 8.42 Å². The molecule has 0 aromatic heterocycles. The largest absolute Gasteiger partial charge is 0.349 e. The molecular formula is C15H19IO7S. The summed E-state index contributed by atoms with van der Waals surface area (Å²) in [6, 6.07) is 6.49. The summed E-state index contributed by atoms with van der Waals surface area (Å²) in [6.07, 6.45) is -1.34. The summed E-state index contributed by atoms with van der Waals surface area (Å²) in [5.41, 5.74) is 0.977. The topological polar surface area (TPSA) is 80.3 Å². The number of halogens is 1. The second kappa shape index (κ2) is 7.94. The average Bonchev–Trinajstić information content (AvgIpc) is 3.21. The number of hydrogen-bond donors (Lipinski definition) is 0. The van der Waals surface area contributed by atoms with Gasteiger partial charge < -0.3 is 18.9 Å². The van der Waals surface area contributed by atoms with Crippen molar-refractivity contribution in [2.24, 2.45) is 0 Å². The van der Waals surface area contributed by atoms with E-state index in [1.54, 1.807) is 12.1 Å². The number of aryl methyl sites for hydroxylation is 1. The molecule has 0 amide bonds. The van der Waals surface area contributed by atoms with Crippen molar-refractivity contribution in [1.82, 2.24) is 0 Å². The minimum atomic E-state index is -3.84. The van der Waals surface area contributed by atoms with Crippen LogP contribution in [-0.4, -0.2) is 57.5 Å². The van der Waals surface area contributed by atoms with Crippen LogP contribution < -0.4 is 0 Å². The van der Waals surface area contributed by atoms with E-state index in [1.165, 1.54) is 12.1 Å². The van der Waals surface area contributed by atoms with Crippen LogP contribution in [0.4, 0.5) is 0 Å². The second-order valence-corrected chi connectivity index (χ2v) is 8.11. The first-order valence-corrected chi connectivity index (χ1v) is 10.4. The Morgan fingerprint density at radius 1 is 1.04 bits per heavy atom. The number of hydrogen-bond acceptors (Lipinski definition) is 7. The summed E-state index contributed by atoms with van der Waals surface area (Å²) < 4.78 is 52.5. The molecule has 2 aliphatic heterocycles. The monoisotopic (exact) mass is 470 g/mol. The highest BCUT2D eigenvalue weighted by atomic mass is 127. The molecule has 3 rings (SSSR count). The van der Waals surface area contributed by atoms with Gasteiger partial charge in [0, 0.05) is 4.43 Å². The van der Waals surface area contributed by atoms with Gasteiger partial charge in [0.05, 0.1) is 17.6 Å². The van der Waals surface area contributed by atoms with Crippen LogP contribution in [0, 0.1) is 6.92 Å². The maximum absolute atomic E-state index is 12.3. The molecule has 2 aliphatic rings. The van der Waals surface area contributed by atoms with E-state index in [1.807, 2.05) is 6.92 Å². The van der Waals surface area contributed by atoms with Crippen LogP contribution in [0.3, 0.4) is 0 Å². The molecule has 1 aromatic carbocycles. The first kappa shape index (κ1) is 18.5. The Hall–Kier alpha value is -0.300. The van der Waals surface area contributed by atoms with Gasteiger partial charge in [-0.25, -0.2) is 0 Å². The Morgan fingerprint density at radius 2 is 1.62 bits per heavy atom. The van der Waals surface area contributed by atoms with Gasteiger partial charge in [0.15, 0.2) is 0 Å². The van der Waals surface area contributed by atoms with Gasteiger partial charge in [-0.2, -0.15) is 8.42 Å². The van der Waals surface area contributed by atoms with E-state index >= 15 is 0 Å². The molecule has 4 unspecified atom stereocenters. The molecule has 0 radical (unpaired) electrons. The number of benzene rings is 1. The predicted octanol–water partition coefficient (Wildman–Crippen LogP) is 1.62. The molecule has 24 heavy (non-hydrogen) atoms. The van der Waals surface area contributed by atoms with Crippen LogP contribution in [-0.2, 0) is 33.2 Å². The maximum atomic E-state index is 12.3. The molecule has 0 bridgehead atoms. The van der Waals surface area contributed by atoms with E-state index < -0.39 is 22.3 Å². The van der Waals surface area contributed by atoms with E-state index in [0.717, 1.165) is 9.99 Å². The molecule has 0 saturated carbocycles. The third kappa shape index (κ3) is 4.09. The van der Waals surface area contributed by atoms with Gasteiger partial charge in [-0.05, 0) is 19.1 Å². The lowest BCUT2D eigenvalue weighted by atomic mass is 10.0. The summed E-state index contributed by atoms with van der Waals surface area (Å²) in [7, 11) is -3.84. The van der Waals surface area contributed by atoms with Crippen molar-refractivity contribution in [3.05, 3.63) is 29.8 Å². The number of rotatable bonds is 6. The highest BCUT2D eigenvalue weighted by Gasteiger charge is 2.44. The van der Waals surface area contributed by atoms with Crippen LogP contribution in [0.1, 0.15) is 5.56 Å². The van der Waals surface area contributed by atoms with Crippen molar-refractivity contribution in [1.29, 1.82) is 0 Å². The van der Waals surface area contributed by atoms with E-state index in [2.05, 4.69) is 22.6 Å². The normalized spacial score (nSPS) is 30.8. The Kier molecular flexibility index (Phi) is 6.11. The lowest BCUT2D eigenvalue weighted by Crippen LogP contribution is -2.44. The Morgan fingerprint density at radius 3 is 2.25 bits per heavy atom. The number of alkyl halides is 1. The molecule has 2 fully saturated rings. The molecular weight excluding hydrogens is 451 g/mol. The van der Waals surface area contributed by atoms with Crippen LogP contribution in [0.15, 0.2) is 29.2 Å². The summed E-state index contributed by atoms with van der Waals surface area (Å²) in [6.45, 7) is 2.04.